The van der Waals surface area contributed by atoms with E-state index in [1.807, 2.05) is 13.0 Å². The third kappa shape index (κ3) is 3.74. The molecule has 118 valence electrons. The number of nitriles is 1. The van der Waals surface area contributed by atoms with E-state index in [0.717, 1.165) is 12.8 Å². The Balaban J connectivity index is 2.20. The van der Waals surface area contributed by atoms with Crippen LogP contribution in [0.15, 0.2) is 18.2 Å². The van der Waals surface area contributed by atoms with E-state index in [9.17, 15) is 9.18 Å². The Hall–Kier alpha value is -2.13. The summed E-state index contributed by atoms with van der Waals surface area (Å²) in [4.78, 5) is 12.7. The zero-order valence-corrected chi connectivity index (χ0v) is 12.6. The summed E-state index contributed by atoms with van der Waals surface area (Å²) in [5, 5.41) is 20.0. The third-order valence-corrected chi connectivity index (χ3v) is 3.96. The molecule has 1 fully saturated rings. The topological polar surface area (TPSA) is 76.4 Å². The minimum atomic E-state index is -1.05. The first-order valence-electron chi connectivity index (χ1n) is 7.49. The number of rotatable bonds is 7. The Morgan fingerprint density at radius 2 is 2.32 bits per heavy atom. The number of amides is 1. The Kier molecular flexibility index (Phi) is 5.34. The summed E-state index contributed by atoms with van der Waals surface area (Å²) in [5.74, 6) is -0.464. The standard InChI is InChI=1S/C16H20FN3O2/c1-2-14(13-5-3-4-11(10-18)15(13)17)20(12-6-7-12)9-8-19-16(21)22/h3-5,12,14,19H,2,6-9H2,1H3,(H,21,22). The molecule has 6 heteroatoms. The van der Waals surface area contributed by atoms with E-state index in [2.05, 4.69) is 10.2 Å². The molecule has 22 heavy (non-hydrogen) atoms. The summed E-state index contributed by atoms with van der Waals surface area (Å²) in [6, 6.07) is 6.98. The van der Waals surface area contributed by atoms with Crippen molar-refractivity contribution in [3.8, 4) is 6.07 Å². The molecule has 1 aromatic rings. The summed E-state index contributed by atoms with van der Waals surface area (Å²) in [5.41, 5.74) is 0.569. The van der Waals surface area contributed by atoms with Crippen LogP contribution in [0.5, 0.6) is 0 Å². The fraction of sp³-hybridized carbons (Fsp3) is 0.500. The fourth-order valence-electron chi connectivity index (χ4n) is 2.82. The van der Waals surface area contributed by atoms with Gasteiger partial charge in [0.25, 0.3) is 0 Å². The molecule has 1 aliphatic rings. The van der Waals surface area contributed by atoms with Crippen LogP contribution in [0.1, 0.15) is 43.4 Å². The van der Waals surface area contributed by atoms with Crippen LogP contribution in [0.3, 0.4) is 0 Å². The van der Waals surface area contributed by atoms with Gasteiger partial charge in [0.2, 0.25) is 0 Å². The Morgan fingerprint density at radius 1 is 1.59 bits per heavy atom. The lowest BCUT2D eigenvalue weighted by atomic mass is 9.99. The molecule has 0 saturated heterocycles. The molecule has 0 aliphatic heterocycles. The van der Waals surface area contributed by atoms with E-state index >= 15 is 0 Å². The van der Waals surface area contributed by atoms with E-state index < -0.39 is 11.9 Å². The van der Waals surface area contributed by atoms with Crippen LogP contribution in [0.4, 0.5) is 9.18 Å². The lowest BCUT2D eigenvalue weighted by molar-refractivity contribution is 0.169. The zero-order valence-electron chi connectivity index (χ0n) is 12.6. The monoisotopic (exact) mass is 305 g/mol. The molecule has 1 unspecified atom stereocenters. The van der Waals surface area contributed by atoms with Crippen LogP contribution in [0.25, 0.3) is 0 Å². The van der Waals surface area contributed by atoms with Crippen LogP contribution < -0.4 is 5.32 Å². The van der Waals surface area contributed by atoms with Gasteiger partial charge in [-0.2, -0.15) is 5.26 Å². The molecule has 1 aromatic carbocycles. The van der Waals surface area contributed by atoms with Gasteiger partial charge < -0.3 is 10.4 Å². The SMILES string of the molecule is CCC(c1cccc(C#N)c1F)N(CCNC(=O)O)C1CC1. The number of carbonyl (C=O) groups is 1. The van der Waals surface area contributed by atoms with E-state index in [4.69, 9.17) is 10.4 Å². The van der Waals surface area contributed by atoms with Gasteiger partial charge in [-0.25, -0.2) is 9.18 Å². The second-order valence-corrected chi connectivity index (χ2v) is 5.45. The first-order chi connectivity index (χ1) is 10.6. The minimum Gasteiger partial charge on any atom is -0.465 e. The largest absolute Gasteiger partial charge is 0.465 e. The highest BCUT2D eigenvalue weighted by Crippen LogP contribution is 2.36. The molecule has 0 spiro atoms. The van der Waals surface area contributed by atoms with Gasteiger partial charge in [0, 0.05) is 30.7 Å². The van der Waals surface area contributed by atoms with Gasteiger partial charge in [0.15, 0.2) is 0 Å². The van der Waals surface area contributed by atoms with Crippen molar-refractivity contribution < 1.29 is 14.3 Å². The molecule has 1 atom stereocenters. The van der Waals surface area contributed by atoms with Crippen molar-refractivity contribution in [3.05, 3.63) is 35.1 Å². The molecule has 1 aliphatic carbocycles. The van der Waals surface area contributed by atoms with Crippen molar-refractivity contribution >= 4 is 6.09 Å². The summed E-state index contributed by atoms with van der Waals surface area (Å²) in [6.45, 7) is 2.82. The summed E-state index contributed by atoms with van der Waals surface area (Å²) in [7, 11) is 0. The van der Waals surface area contributed by atoms with Gasteiger partial charge in [-0.15, -0.1) is 0 Å². The van der Waals surface area contributed by atoms with E-state index in [1.54, 1.807) is 12.1 Å². The molecule has 0 aromatic heterocycles. The van der Waals surface area contributed by atoms with E-state index in [1.165, 1.54) is 6.07 Å². The molecule has 2 rings (SSSR count). The number of halogens is 1. The van der Waals surface area contributed by atoms with Crippen molar-refractivity contribution in [2.45, 2.75) is 38.3 Å². The van der Waals surface area contributed by atoms with E-state index in [-0.39, 0.29) is 11.6 Å². The smallest absolute Gasteiger partial charge is 0.404 e. The quantitative estimate of drug-likeness (QED) is 0.812. The van der Waals surface area contributed by atoms with Crippen LogP contribution in [-0.4, -0.2) is 35.2 Å². The number of carboxylic acid groups (broad SMARTS) is 1. The van der Waals surface area contributed by atoms with Crippen molar-refractivity contribution in [2.24, 2.45) is 0 Å². The number of nitrogens with zero attached hydrogens (tertiary/aromatic N) is 2. The Bertz CT molecular complexity index is 581. The molecule has 1 amide bonds. The van der Waals surface area contributed by atoms with Crippen molar-refractivity contribution in [3.63, 3.8) is 0 Å². The molecule has 0 bridgehead atoms. The Morgan fingerprint density at radius 3 is 2.86 bits per heavy atom. The molecular weight excluding hydrogens is 285 g/mol. The van der Waals surface area contributed by atoms with Gasteiger partial charge in [0.1, 0.15) is 11.9 Å². The maximum absolute atomic E-state index is 14.4. The van der Waals surface area contributed by atoms with Crippen molar-refractivity contribution in [1.29, 1.82) is 5.26 Å². The van der Waals surface area contributed by atoms with Gasteiger partial charge in [-0.1, -0.05) is 19.1 Å². The molecule has 2 N–H and O–H groups in total. The highest BCUT2D eigenvalue weighted by atomic mass is 19.1. The summed E-state index contributed by atoms with van der Waals surface area (Å²) in [6.07, 6.45) is 1.74. The highest BCUT2D eigenvalue weighted by molar-refractivity contribution is 5.64. The summed E-state index contributed by atoms with van der Waals surface area (Å²) < 4.78 is 14.4. The molecule has 0 radical (unpaired) electrons. The van der Waals surface area contributed by atoms with Gasteiger partial charge in [-0.05, 0) is 25.3 Å². The van der Waals surface area contributed by atoms with Gasteiger partial charge in [-0.3, -0.25) is 4.90 Å². The molecule has 5 nitrogen and oxygen atoms in total. The van der Waals surface area contributed by atoms with Crippen molar-refractivity contribution in [1.82, 2.24) is 10.2 Å². The van der Waals surface area contributed by atoms with Crippen LogP contribution >= 0.6 is 0 Å². The van der Waals surface area contributed by atoms with Gasteiger partial charge >= 0.3 is 6.09 Å². The van der Waals surface area contributed by atoms with Crippen LogP contribution in [0.2, 0.25) is 0 Å². The average Bonchev–Trinajstić information content (AvgIpc) is 3.32. The number of nitrogens with one attached hydrogen (secondary N) is 1. The highest BCUT2D eigenvalue weighted by Gasteiger charge is 2.34. The number of hydrogen-bond donors (Lipinski definition) is 2. The lowest BCUT2D eigenvalue weighted by Gasteiger charge is -2.32. The fourth-order valence-corrected chi connectivity index (χ4v) is 2.82. The number of hydrogen-bond acceptors (Lipinski definition) is 3. The van der Waals surface area contributed by atoms with Crippen molar-refractivity contribution in [2.75, 3.05) is 13.1 Å². The predicted octanol–water partition coefficient (Wildman–Crippen LogP) is 2.88. The predicted molar refractivity (Wildman–Crippen MR) is 79.9 cm³/mol. The van der Waals surface area contributed by atoms with E-state index in [0.29, 0.717) is 31.1 Å². The van der Waals surface area contributed by atoms with Crippen LogP contribution in [0, 0.1) is 17.1 Å². The number of benzene rings is 1. The molecular formula is C16H20FN3O2. The summed E-state index contributed by atoms with van der Waals surface area (Å²) >= 11 is 0. The maximum atomic E-state index is 14.4. The zero-order chi connectivity index (χ0) is 16.1. The minimum absolute atomic E-state index is 0.0513. The normalized spacial score (nSPS) is 15.4. The first kappa shape index (κ1) is 16.2. The molecule has 1 saturated carbocycles. The maximum Gasteiger partial charge on any atom is 0.404 e. The third-order valence-electron chi connectivity index (χ3n) is 3.96. The second-order valence-electron chi connectivity index (χ2n) is 5.45. The molecule has 0 heterocycles. The second kappa shape index (κ2) is 7.23. The Labute approximate surface area is 129 Å². The average molecular weight is 305 g/mol. The van der Waals surface area contributed by atoms with Gasteiger partial charge in [0.05, 0.1) is 5.56 Å². The van der Waals surface area contributed by atoms with Crippen LogP contribution in [-0.2, 0) is 0 Å². The lowest BCUT2D eigenvalue weighted by Crippen LogP contribution is -2.38. The first-order valence-corrected chi connectivity index (χ1v) is 7.49.